The van der Waals surface area contributed by atoms with Crippen LogP contribution in [0.5, 0.6) is 0 Å². The van der Waals surface area contributed by atoms with Gasteiger partial charge in [0.15, 0.2) is 0 Å². The van der Waals surface area contributed by atoms with Crippen LogP contribution >= 0.6 is 0 Å². The molecule has 0 aliphatic rings. The van der Waals surface area contributed by atoms with Gasteiger partial charge in [-0.2, -0.15) is 0 Å². The molecule has 0 unspecified atom stereocenters. The van der Waals surface area contributed by atoms with Crippen molar-refractivity contribution >= 4 is 9.05 Å². The summed E-state index contributed by atoms with van der Waals surface area (Å²) in [5, 5.41) is 0. The Bertz CT molecular complexity index is 295. The molecule has 0 radical (unpaired) electrons. The molecule has 0 saturated heterocycles. The number of hydrogen-bond donors (Lipinski definition) is 0. The molecular formula is C23H54NO4Si+. The molecule has 0 aromatic carbocycles. The number of hydrogen-bond acceptors (Lipinski definition) is 4. The zero-order valence-electron chi connectivity index (χ0n) is 21.2. The Balaban J connectivity index is 0. The Morgan fingerprint density at radius 3 is 1.07 bits per heavy atom. The van der Waals surface area contributed by atoms with Gasteiger partial charge in [-0.3, -0.25) is 0 Å². The first-order valence-corrected chi connectivity index (χ1v) is 13.8. The van der Waals surface area contributed by atoms with Crippen molar-refractivity contribution in [3.63, 3.8) is 0 Å². The fourth-order valence-corrected chi connectivity index (χ4v) is 4.94. The maximum absolute atomic E-state index is 5.42. The van der Waals surface area contributed by atoms with Crippen LogP contribution in [0.2, 0.25) is 0 Å². The second-order valence-corrected chi connectivity index (χ2v) is 10.6. The lowest BCUT2D eigenvalue weighted by Crippen LogP contribution is -2.49. The highest BCUT2D eigenvalue weighted by Crippen LogP contribution is 2.12. The number of nitrogens with zero attached hydrogens (tertiary/aromatic N) is 1. The molecule has 0 spiro atoms. The van der Waals surface area contributed by atoms with Gasteiger partial charge in [0, 0.05) is 26.4 Å². The van der Waals surface area contributed by atoms with Gasteiger partial charge in [0.25, 0.3) is 0 Å². The van der Waals surface area contributed by atoms with Crippen LogP contribution in [0.25, 0.3) is 0 Å². The number of rotatable bonds is 19. The van der Waals surface area contributed by atoms with Crippen LogP contribution < -0.4 is 0 Å². The van der Waals surface area contributed by atoms with Crippen molar-refractivity contribution in [3.8, 4) is 0 Å². The maximum Gasteiger partial charge on any atom is 0.679 e. The lowest BCUT2D eigenvalue weighted by Gasteiger charge is -2.26. The Hall–Kier alpha value is 0.0169. The molecule has 29 heavy (non-hydrogen) atoms. The van der Waals surface area contributed by atoms with E-state index in [4.69, 9.17) is 17.7 Å². The summed E-state index contributed by atoms with van der Waals surface area (Å²) in [6.45, 7) is 13.4. The van der Waals surface area contributed by atoms with Crippen molar-refractivity contribution in [3.05, 3.63) is 0 Å². The highest BCUT2D eigenvalue weighted by Gasteiger charge is 2.44. The molecule has 0 amide bonds. The van der Waals surface area contributed by atoms with Crippen LogP contribution in [0.4, 0.5) is 0 Å². The summed E-state index contributed by atoms with van der Waals surface area (Å²) in [6.07, 6.45) is 14.4. The molecule has 0 heterocycles. The molecule has 0 rings (SSSR count). The molecule has 0 fully saturated rings. The third-order valence-electron chi connectivity index (χ3n) is 4.47. The van der Waals surface area contributed by atoms with E-state index in [0.717, 1.165) is 4.48 Å². The Labute approximate surface area is 184 Å². The van der Waals surface area contributed by atoms with Gasteiger partial charge in [-0.05, 0) is 40.5 Å². The highest BCUT2D eigenvalue weighted by atomic mass is 28.4. The average molecular weight is 437 g/mol. The van der Waals surface area contributed by atoms with Crippen molar-refractivity contribution in [1.29, 1.82) is 0 Å². The quantitative estimate of drug-likeness (QED) is 0.138. The van der Waals surface area contributed by atoms with E-state index < -0.39 is 9.05 Å². The van der Waals surface area contributed by atoms with Crippen molar-refractivity contribution in [1.82, 2.24) is 0 Å². The summed E-state index contributed by atoms with van der Waals surface area (Å²) < 4.78 is 22.8. The minimum Gasteiger partial charge on any atom is -0.351 e. The van der Waals surface area contributed by atoms with Gasteiger partial charge < -0.3 is 22.2 Å². The standard InChI is InChI=1S/C15H34N.C8H20O4Si/c1-5-6-7-8-9-10-11-12-13-14-15-16(2,3)4;1-5-9-13(10-6-2,11-7-3)12-8-4/h5-15H2,1-4H3;5-8H2,1-4H3/q+1;. The van der Waals surface area contributed by atoms with Crippen molar-refractivity contribution in [2.75, 3.05) is 54.1 Å². The number of quaternary nitrogens is 1. The van der Waals surface area contributed by atoms with E-state index in [1.54, 1.807) is 0 Å². The van der Waals surface area contributed by atoms with Gasteiger partial charge in [0.05, 0.1) is 27.7 Å². The second kappa shape index (κ2) is 21.3. The molecule has 0 atom stereocenters. The smallest absolute Gasteiger partial charge is 0.351 e. The SMILES string of the molecule is CCCCCCCCCCCC[N+](C)(C)C.CCO[Si](OCC)(OCC)OCC. The van der Waals surface area contributed by atoms with Crippen LogP contribution in [-0.4, -0.2) is 67.6 Å². The molecule has 0 N–H and O–H groups in total. The lowest BCUT2D eigenvalue weighted by molar-refractivity contribution is -0.870. The predicted molar refractivity (Wildman–Crippen MR) is 127 cm³/mol. The van der Waals surface area contributed by atoms with E-state index in [1.165, 1.54) is 70.8 Å². The Morgan fingerprint density at radius 2 is 0.793 bits per heavy atom. The lowest BCUT2D eigenvalue weighted by atomic mass is 10.1. The van der Waals surface area contributed by atoms with E-state index >= 15 is 0 Å². The summed E-state index contributed by atoms with van der Waals surface area (Å²) in [5.41, 5.74) is 0. The Morgan fingerprint density at radius 1 is 0.483 bits per heavy atom. The second-order valence-electron chi connectivity index (χ2n) is 8.43. The van der Waals surface area contributed by atoms with Crippen LogP contribution in [0.15, 0.2) is 0 Å². The van der Waals surface area contributed by atoms with Crippen molar-refractivity contribution < 1.29 is 22.2 Å². The zero-order valence-corrected chi connectivity index (χ0v) is 22.2. The van der Waals surface area contributed by atoms with E-state index in [2.05, 4.69) is 28.1 Å². The summed E-state index contributed by atoms with van der Waals surface area (Å²) in [5.74, 6) is 0. The summed E-state index contributed by atoms with van der Waals surface area (Å²) in [7, 11) is 4.06. The summed E-state index contributed by atoms with van der Waals surface area (Å²) in [4.78, 5) is 0. The minimum atomic E-state index is -2.80. The molecule has 0 saturated carbocycles. The van der Waals surface area contributed by atoms with Gasteiger partial charge in [0.2, 0.25) is 0 Å². The molecule has 0 aromatic rings. The first-order valence-electron chi connectivity index (χ1n) is 12.2. The van der Waals surface area contributed by atoms with E-state index in [9.17, 15) is 0 Å². The van der Waals surface area contributed by atoms with Crippen LogP contribution in [-0.2, 0) is 17.7 Å². The molecule has 178 valence electrons. The van der Waals surface area contributed by atoms with Crippen LogP contribution in [0.3, 0.4) is 0 Å². The van der Waals surface area contributed by atoms with E-state index in [-0.39, 0.29) is 0 Å². The first kappa shape index (κ1) is 31.2. The summed E-state index contributed by atoms with van der Waals surface area (Å²) in [6, 6.07) is 0. The molecule has 0 aliphatic heterocycles. The molecule has 5 nitrogen and oxygen atoms in total. The van der Waals surface area contributed by atoms with E-state index in [0.29, 0.717) is 26.4 Å². The molecule has 6 heteroatoms. The third kappa shape index (κ3) is 22.5. The van der Waals surface area contributed by atoms with Crippen LogP contribution in [0.1, 0.15) is 98.8 Å². The predicted octanol–water partition coefficient (Wildman–Crippen LogP) is 6.18. The molecular weight excluding hydrogens is 382 g/mol. The van der Waals surface area contributed by atoms with Gasteiger partial charge in [0.1, 0.15) is 0 Å². The van der Waals surface area contributed by atoms with Crippen molar-refractivity contribution in [2.24, 2.45) is 0 Å². The van der Waals surface area contributed by atoms with E-state index in [1.807, 2.05) is 27.7 Å². The average Bonchev–Trinajstić information content (AvgIpc) is 2.64. The van der Waals surface area contributed by atoms with Gasteiger partial charge in [-0.15, -0.1) is 0 Å². The fraction of sp³-hybridized carbons (Fsp3) is 1.00. The monoisotopic (exact) mass is 436 g/mol. The molecule has 0 bridgehead atoms. The van der Waals surface area contributed by atoms with Crippen molar-refractivity contribution in [2.45, 2.75) is 98.8 Å². The zero-order chi connectivity index (χ0) is 22.4. The molecule has 0 aliphatic carbocycles. The summed E-state index contributed by atoms with van der Waals surface area (Å²) >= 11 is 0. The topological polar surface area (TPSA) is 36.9 Å². The number of unbranched alkanes of at least 4 members (excludes halogenated alkanes) is 9. The third-order valence-corrected chi connectivity index (χ3v) is 7.04. The normalized spacial score (nSPS) is 12.0. The fourth-order valence-electron chi connectivity index (χ4n) is 3.03. The molecule has 0 aromatic heterocycles. The van der Waals surface area contributed by atoms with Gasteiger partial charge in [-0.1, -0.05) is 58.3 Å². The van der Waals surface area contributed by atoms with Gasteiger partial charge >= 0.3 is 9.05 Å². The van der Waals surface area contributed by atoms with Gasteiger partial charge in [-0.25, -0.2) is 0 Å². The first-order chi connectivity index (χ1) is 13.8. The van der Waals surface area contributed by atoms with Crippen LogP contribution in [0, 0.1) is 0 Å². The Kier molecular flexibility index (Phi) is 22.9. The highest BCUT2D eigenvalue weighted by molar-refractivity contribution is 6.53. The minimum absolute atomic E-state index is 0.548. The largest absolute Gasteiger partial charge is 0.679 e. The maximum atomic E-state index is 5.42.